The topological polar surface area (TPSA) is 121 Å². The zero-order valence-corrected chi connectivity index (χ0v) is 22.2. The Morgan fingerprint density at radius 1 is 1.06 bits per heavy atom. The van der Waals surface area contributed by atoms with E-state index in [-0.39, 0.29) is 19.0 Å². The van der Waals surface area contributed by atoms with Gasteiger partial charge in [0.2, 0.25) is 5.91 Å². The van der Waals surface area contributed by atoms with Crippen molar-refractivity contribution in [3.8, 4) is 0 Å². The Kier molecular flexibility index (Phi) is 11.2. The molecular formula is C23H28Cl2N5O4P. The summed E-state index contributed by atoms with van der Waals surface area (Å²) in [6.07, 6.45) is -0.153. The fourth-order valence-corrected chi connectivity index (χ4v) is 3.70. The lowest BCUT2D eigenvalue weighted by Crippen LogP contribution is -2.39. The Balaban J connectivity index is 2.03. The van der Waals surface area contributed by atoms with Crippen molar-refractivity contribution in [1.82, 2.24) is 16.0 Å². The average molecular weight is 540 g/mol. The minimum Gasteiger partial charge on any atom is -0.451 e. The van der Waals surface area contributed by atoms with Gasteiger partial charge in [-0.05, 0) is 55.8 Å². The number of halogens is 2. The zero-order chi connectivity index (χ0) is 26.0. The Morgan fingerprint density at radius 2 is 1.74 bits per heavy atom. The minimum atomic E-state index is -0.753. The lowest BCUT2D eigenvalue weighted by molar-refractivity contribution is -0.134. The fourth-order valence-electron chi connectivity index (χ4n) is 3.06. The monoisotopic (exact) mass is 539 g/mol. The van der Waals surface area contributed by atoms with Crippen LogP contribution in [0, 0.1) is 0 Å². The van der Waals surface area contributed by atoms with Crippen molar-refractivity contribution in [2.75, 3.05) is 18.9 Å². The first-order chi connectivity index (χ1) is 16.6. The first-order valence-electron chi connectivity index (χ1n) is 10.6. The van der Waals surface area contributed by atoms with Crippen molar-refractivity contribution in [2.24, 2.45) is 4.99 Å². The van der Waals surface area contributed by atoms with E-state index >= 15 is 0 Å². The van der Waals surface area contributed by atoms with Crippen LogP contribution in [0.4, 0.5) is 5.69 Å². The molecule has 0 saturated heterocycles. The van der Waals surface area contributed by atoms with Crippen LogP contribution >= 0.6 is 32.7 Å². The van der Waals surface area contributed by atoms with Crippen LogP contribution in [-0.2, 0) is 14.1 Å². The van der Waals surface area contributed by atoms with Crippen LogP contribution in [0.2, 0.25) is 10.0 Å². The summed E-state index contributed by atoms with van der Waals surface area (Å²) >= 11 is 12.1. The molecule has 2 unspecified atom stereocenters. The van der Waals surface area contributed by atoms with Crippen LogP contribution < -0.4 is 21.3 Å². The van der Waals surface area contributed by atoms with Crippen molar-refractivity contribution in [3.05, 3.63) is 63.6 Å². The highest BCUT2D eigenvalue weighted by Gasteiger charge is 2.20. The van der Waals surface area contributed by atoms with Crippen molar-refractivity contribution in [3.63, 3.8) is 0 Å². The highest BCUT2D eigenvalue weighted by molar-refractivity contribution is 7.10. The highest BCUT2D eigenvalue weighted by Crippen LogP contribution is 2.26. The van der Waals surface area contributed by atoms with E-state index in [2.05, 4.69) is 30.8 Å². The van der Waals surface area contributed by atoms with E-state index in [4.69, 9.17) is 23.2 Å². The highest BCUT2D eigenvalue weighted by atomic mass is 35.5. The molecule has 0 saturated carbocycles. The minimum absolute atomic E-state index is 0.153. The first-order valence-corrected chi connectivity index (χ1v) is 11.9. The third kappa shape index (κ3) is 9.72. The lowest BCUT2D eigenvalue weighted by Gasteiger charge is -2.19. The number of nitrogens with zero attached hydrogens (tertiary/aromatic N) is 1. The summed E-state index contributed by atoms with van der Waals surface area (Å²) < 4.78 is 4.64. The normalized spacial score (nSPS) is 12.0. The molecular weight excluding hydrogens is 512 g/mol. The molecule has 0 bridgehead atoms. The molecule has 2 atom stereocenters. The van der Waals surface area contributed by atoms with Crippen LogP contribution in [0.5, 0.6) is 0 Å². The first kappa shape index (κ1) is 28.4. The van der Waals surface area contributed by atoms with Gasteiger partial charge < -0.3 is 25.8 Å². The SMILES string of the molecule is CN=C(Nc1cccc(C(=O)NCC(=O)NC(CC(=O)OP)c2cc(Cl)cc(Cl)c2)c1)NC(C)C. The van der Waals surface area contributed by atoms with E-state index in [1.807, 2.05) is 23.3 Å². The van der Waals surface area contributed by atoms with Gasteiger partial charge in [-0.3, -0.25) is 19.4 Å². The molecule has 0 aliphatic rings. The largest absolute Gasteiger partial charge is 0.451 e. The van der Waals surface area contributed by atoms with Gasteiger partial charge in [0.1, 0.15) is 0 Å². The van der Waals surface area contributed by atoms with Crippen LogP contribution in [0.1, 0.15) is 42.2 Å². The maximum atomic E-state index is 12.6. The molecule has 9 nitrogen and oxygen atoms in total. The number of carbonyl (C=O) groups is 3. The molecule has 4 N–H and O–H groups in total. The van der Waals surface area contributed by atoms with Gasteiger partial charge >= 0.3 is 5.97 Å². The standard InChI is InChI=1S/C23H28Cl2N5O4P/c1-13(2)28-23(26-3)29-18-6-4-5-14(9-18)22(33)27-12-20(31)30-19(11-21(32)34-35)15-7-16(24)10-17(25)8-15/h4-10,13,19H,11-12,35H2,1-3H3,(H,27,33)(H,30,31)(H2,26,28,29). The number of guanidine groups is 1. The smallest absolute Gasteiger partial charge is 0.310 e. The molecule has 0 radical (unpaired) electrons. The van der Waals surface area contributed by atoms with E-state index in [0.717, 1.165) is 0 Å². The Hall–Kier alpha value is -2.87. The van der Waals surface area contributed by atoms with E-state index in [1.54, 1.807) is 43.4 Å². The molecule has 0 fully saturated rings. The van der Waals surface area contributed by atoms with Crippen LogP contribution in [0.25, 0.3) is 0 Å². The quantitative estimate of drug-likeness (QED) is 0.219. The van der Waals surface area contributed by atoms with Crippen molar-refractivity contribution < 1.29 is 18.9 Å². The summed E-state index contributed by atoms with van der Waals surface area (Å²) in [6.45, 7) is 3.66. The van der Waals surface area contributed by atoms with Gasteiger partial charge in [0, 0.05) is 34.4 Å². The Bertz CT molecular complexity index is 1080. The van der Waals surface area contributed by atoms with Crippen LogP contribution in [-0.4, -0.2) is 43.4 Å². The number of nitrogens with one attached hydrogen (secondary N) is 4. The van der Waals surface area contributed by atoms with E-state index in [1.165, 1.54) is 6.07 Å². The Morgan fingerprint density at radius 3 is 2.34 bits per heavy atom. The van der Waals surface area contributed by atoms with E-state index in [0.29, 0.717) is 32.8 Å². The Labute approximate surface area is 216 Å². The molecule has 0 aromatic heterocycles. The van der Waals surface area contributed by atoms with Gasteiger partial charge in [-0.15, -0.1) is 0 Å². The number of carbonyl (C=O) groups excluding carboxylic acids is 3. The second-order valence-corrected chi connectivity index (χ2v) is 8.89. The molecule has 2 aromatic rings. The number of hydrogen-bond acceptors (Lipinski definition) is 5. The second-order valence-electron chi connectivity index (χ2n) is 7.78. The summed E-state index contributed by atoms with van der Waals surface area (Å²) in [7, 11) is 3.52. The van der Waals surface area contributed by atoms with Crippen LogP contribution in [0.3, 0.4) is 0 Å². The maximum Gasteiger partial charge on any atom is 0.310 e. The summed E-state index contributed by atoms with van der Waals surface area (Å²) in [6, 6.07) is 10.9. The van der Waals surface area contributed by atoms with E-state index < -0.39 is 23.8 Å². The molecule has 0 heterocycles. The summed E-state index contributed by atoms with van der Waals surface area (Å²) in [5, 5.41) is 12.3. The van der Waals surface area contributed by atoms with Gasteiger partial charge in [0.25, 0.3) is 5.91 Å². The summed E-state index contributed by atoms with van der Waals surface area (Å²) in [5.41, 5.74) is 1.54. The maximum absolute atomic E-state index is 12.6. The molecule has 188 valence electrons. The number of hydrogen-bond donors (Lipinski definition) is 4. The zero-order valence-electron chi connectivity index (χ0n) is 19.5. The van der Waals surface area contributed by atoms with Crippen molar-refractivity contribution >= 4 is 62.1 Å². The average Bonchev–Trinajstić information content (AvgIpc) is 2.80. The van der Waals surface area contributed by atoms with Gasteiger partial charge in [-0.25, -0.2) is 0 Å². The van der Waals surface area contributed by atoms with Gasteiger partial charge in [0.15, 0.2) is 5.96 Å². The number of benzene rings is 2. The van der Waals surface area contributed by atoms with Gasteiger partial charge in [-0.1, -0.05) is 29.3 Å². The molecule has 0 spiro atoms. The van der Waals surface area contributed by atoms with E-state index in [9.17, 15) is 14.4 Å². The molecule has 2 amide bonds. The third-order valence-corrected chi connectivity index (χ3v) is 5.27. The molecule has 0 aliphatic carbocycles. The predicted octanol–water partition coefficient (Wildman–Crippen LogP) is 3.70. The molecule has 2 rings (SSSR count). The van der Waals surface area contributed by atoms with Gasteiger partial charge in [-0.2, -0.15) is 0 Å². The third-order valence-electron chi connectivity index (χ3n) is 4.57. The molecule has 0 aliphatic heterocycles. The molecule has 2 aromatic carbocycles. The number of anilines is 1. The number of aliphatic imine (C=N–C) groups is 1. The fraction of sp³-hybridized carbons (Fsp3) is 0.304. The van der Waals surface area contributed by atoms with Gasteiger partial charge in [0.05, 0.1) is 28.5 Å². The van der Waals surface area contributed by atoms with Crippen molar-refractivity contribution in [2.45, 2.75) is 32.4 Å². The number of amides is 2. The second kappa shape index (κ2) is 13.9. The molecule has 12 heteroatoms. The summed E-state index contributed by atoms with van der Waals surface area (Å²) in [5.74, 6) is -0.950. The predicted molar refractivity (Wildman–Crippen MR) is 142 cm³/mol. The van der Waals surface area contributed by atoms with Crippen molar-refractivity contribution in [1.29, 1.82) is 0 Å². The lowest BCUT2D eigenvalue weighted by atomic mass is 10.0. The summed E-state index contributed by atoms with van der Waals surface area (Å²) in [4.78, 5) is 41.2. The van der Waals surface area contributed by atoms with Crippen LogP contribution in [0.15, 0.2) is 47.5 Å². The molecule has 35 heavy (non-hydrogen) atoms. The number of rotatable bonds is 9.